The summed E-state index contributed by atoms with van der Waals surface area (Å²) in [5.74, 6) is -1.40. The van der Waals surface area contributed by atoms with Crippen LogP contribution in [0.5, 0.6) is 0 Å². The number of aromatic nitrogens is 2. The molecule has 1 atom stereocenters. The number of nitrogens with one attached hydrogen (secondary N) is 1. The van der Waals surface area contributed by atoms with Crippen LogP contribution in [0.3, 0.4) is 0 Å². The van der Waals surface area contributed by atoms with Crippen LogP contribution in [0, 0.1) is 18.2 Å². The van der Waals surface area contributed by atoms with Gasteiger partial charge in [0.05, 0.1) is 12.1 Å². The topological polar surface area (TPSA) is 75.1 Å². The minimum atomic E-state index is -0.923. The van der Waals surface area contributed by atoms with Crippen LogP contribution in [-0.4, -0.2) is 27.1 Å². The van der Waals surface area contributed by atoms with E-state index in [0.717, 1.165) is 0 Å². The van der Waals surface area contributed by atoms with Crippen molar-refractivity contribution in [3.05, 3.63) is 17.8 Å². The molecule has 0 saturated carbocycles. The molecule has 0 aliphatic heterocycles. The average Bonchev–Trinajstić information content (AvgIpc) is 2.21. The standard InChI is InChI=1S/C13H20FN3O2/c1-8-11(14)12(16-7-15-8)17-9(5-10(18)19)6-13(2,3)4/h7,9H,5-6H2,1-4H3,(H,18,19)(H,15,16,17). The lowest BCUT2D eigenvalue weighted by Crippen LogP contribution is -2.29. The molecule has 1 rings (SSSR count). The molecule has 0 saturated heterocycles. The van der Waals surface area contributed by atoms with E-state index >= 15 is 0 Å². The summed E-state index contributed by atoms with van der Waals surface area (Å²) in [6.45, 7) is 7.56. The van der Waals surface area contributed by atoms with Gasteiger partial charge in [0.2, 0.25) is 0 Å². The summed E-state index contributed by atoms with van der Waals surface area (Å²) in [6, 6.07) is -0.374. The third kappa shape index (κ3) is 5.19. The first kappa shape index (κ1) is 15.3. The first-order valence-corrected chi connectivity index (χ1v) is 6.14. The number of carboxylic acid groups (broad SMARTS) is 1. The SMILES string of the molecule is Cc1ncnc(NC(CC(=O)O)CC(C)(C)C)c1F. The van der Waals surface area contributed by atoms with Crippen molar-refractivity contribution in [2.75, 3.05) is 5.32 Å². The van der Waals surface area contributed by atoms with E-state index in [4.69, 9.17) is 5.11 Å². The molecular formula is C13H20FN3O2. The van der Waals surface area contributed by atoms with Crippen molar-refractivity contribution >= 4 is 11.8 Å². The molecule has 0 aromatic carbocycles. The molecule has 1 unspecified atom stereocenters. The molecule has 0 amide bonds. The Morgan fingerprint density at radius 1 is 1.47 bits per heavy atom. The van der Waals surface area contributed by atoms with Crippen molar-refractivity contribution in [3.63, 3.8) is 0 Å². The molecule has 19 heavy (non-hydrogen) atoms. The number of hydrogen-bond donors (Lipinski definition) is 2. The van der Waals surface area contributed by atoms with Crippen molar-refractivity contribution in [2.24, 2.45) is 5.41 Å². The predicted molar refractivity (Wildman–Crippen MR) is 70.5 cm³/mol. The molecule has 1 aromatic rings. The lowest BCUT2D eigenvalue weighted by molar-refractivity contribution is -0.137. The van der Waals surface area contributed by atoms with E-state index in [0.29, 0.717) is 6.42 Å². The van der Waals surface area contributed by atoms with Crippen molar-refractivity contribution in [2.45, 2.75) is 46.6 Å². The van der Waals surface area contributed by atoms with Gasteiger partial charge in [-0.1, -0.05) is 20.8 Å². The highest BCUT2D eigenvalue weighted by molar-refractivity contribution is 5.68. The van der Waals surface area contributed by atoms with Crippen LogP contribution in [0.4, 0.5) is 10.2 Å². The third-order valence-corrected chi connectivity index (χ3v) is 2.58. The Balaban J connectivity index is 2.87. The van der Waals surface area contributed by atoms with Crippen LogP contribution < -0.4 is 5.32 Å². The van der Waals surface area contributed by atoms with Crippen LogP contribution in [0.2, 0.25) is 0 Å². The Kier molecular flexibility index (Phi) is 4.80. The monoisotopic (exact) mass is 269 g/mol. The summed E-state index contributed by atoms with van der Waals surface area (Å²) in [5.41, 5.74) is 0.174. The number of aryl methyl sites for hydroxylation is 1. The maximum atomic E-state index is 13.8. The highest BCUT2D eigenvalue weighted by atomic mass is 19.1. The summed E-state index contributed by atoms with van der Waals surface area (Å²) in [5, 5.41) is 11.8. The number of hydrogen-bond acceptors (Lipinski definition) is 4. The van der Waals surface area contributed by atoms with Crippen molar-refractivity contribution < 1.29 is 14.3 Å². The number of rotatable bonds is 5. The molecule has 6 heteroatoms. The largest absolute Gasteiger partial charge is 0.481 e. The van der Waals surface area contributed by atoms with Crippen molar-refractivity contribution in [1.29, 1.82) is 0 Å². The summed E-state index contributed by atoms with van der Waals surface area (Å²) >= 11 is 0. The first-order chi connectivity index (χ1) is 8.69. The van der Waals surface area contributed by atoms with Gasteiger partial charge in [-0.2, -0.15) is 0 Å². The summed E-state index contributed by atoms with van der Waals surface area (Å²) in [7, 11) is 0. The Morgan fingerprint density at radius 2 is 2.11 bits per heavy atom. The molecule has 2 N–H and O–H groups in total. The maximum Gasteiger partial charge on any atom is 0.305 e. The van der Waals surface area contributed by atoms with E-state index in [1.54, 1.807) is 0 Å². The molecule has 0 spiro atoms. The molecule has 106 valence electrons. The zero-order valence-electron chi connectivity index (χ0n) is 11.7. The van der Waals surface area contributed by atoms with Gasteiger partial charge in [0.25, 0.3) is 0 Å². The van der Waals surface area contributed by atoms with E-state index in [2.05, 4.69) is 15.3 Å². The molecule has 1 aromatic heterocycles. The van der Waals surface area contributed by atoms with Gasteiger partial charge in [-0.15, -0.1) is 0 Å². The quantitative estimate of drug-likeness (QED) is 0.859. The van der Waals surface area contributed by atoms with Crippen molar-refractivity contribution in [1.82, 2.24) is 9.97 Å². The van der Waals surface area contributed by atoms with Gasteiger partial charge in [0.15, 0.2) is 11.6 Å². The summed E-state index contributed by atoms with van der Waals surface area (Å²) in [4.78, 5) is 18.4. The summed E-state index contributed by atoms with van der Waals surface area (Å²) in [6.07, 6.45) is 1.78. The van der Waals surface area contributed by atoms with E-state index in [1.807, 2.05) is 20.8 Å². The molecule has 5 nitrogen and oxygen atoms in total. The fourth-order valence-corrected chi connectivity index (χ4v) is 1.88. The minimum absolute atomic E-state index is 0.0583. The minimum Gasteiger partial charge on any atom is -0.481 e. The van der Waals surface area contributed by atoms with Gasteiger partial charge < -0.3 is 10.4 Å². The van der Waals surface area contributed by atoms with E-state index < -0.39 is 11.8 Å². The number of carbonyl (C=O) groups is 1. The van der Waals surface area contributed by atoms with Crippen molar-refractivity contribution in [3.8, 4) is 0 Å². The number of anilines is 1. The normalized spacial score (nSPS) is 13.1. The maximum absolute atomic E-state index is 13.8. The Bertz CT molecular complexity index is 458. The van der Waals surface area contributed by atoms with Crippen LogP contribution in [-0.2, 0) is 4.79 Å². The average molecular weight is 269 g/mol. The van der Waals surface area contributed by atoms with Gasteiger partial charge in [-0.3, -0.25) is 4.79 Å². The zero-order valence-corrected chi connectivity index (χ0v) is 11.7. The molecule has 1 heterocycles. The molecule has 0 fully saturated rings. The second kappa shape index (κ2) is 5.95. The first-order valence-electron chi connectivity index (χ1n) is 6.14. The second-order valence-electron chi connectivity index (χ2n) is 5.83. The Morgan fingerprint density at radius 3 is 2.63 bits per heavy atom. The molecule has 0 radical (unpaired) electrons. The van der Waals surface area contributed by atoms with Crippen LogP contribution in [0.25, 0.3) is 0 Å². The van der Waals surface area contributed by atoms with Gasteiger partial charge >= 0.3 is 5.97 Å². The van der Waals surface area contributed by atoms with Gasteiger partial charge in [-0.25, -0.2) is 14.4 Å². The van der Waals surface area contributed by atoms with E-state index in [-0.39, 0.29) is 29.4 Å². The van der Waals surface area contributed by atoms with E-state index in [9.17, 15) is 9.18 Å². The lowest BCUT2D eigenvalue weighted by Gasteiger charge is -2.26. The highest BCUT2D eigenvalue weighted by Crippen LogP contribution is 2.25. The molecule has 0 aliphatic rings. The molecular weight excluding hydrogens is 249 g/mol. The number of nitrogens with zero attached hydrogens (tertiary/aromatic N) is 2. The Labute approximate surface area is 112 Å². The van der Waals surface area contributed by atoms with Crippen LogP contribution in [0.15, 0.2) is 6.33 Å². The predicted octanol–water partition coefficient (Wildman–Crippen LogP) is 2.62. The zero-order chi connectivity index (χ0) is 14.6. The fraction of sp³-hybridized carbons (Fsp3) is 0.615. The van der Waals surface area contributed by atoms with Gasteiger partial charge in [0, 0.05) is 6.04 Å². The highest BCUT2D eigenvalue weighted by Gasteiger charge is 2.22. The van der Waals surface area contributed by atoms with Gasteiger partial charge in [-0.05, 0) is 18.8 Å². The number of halogens is 1. The van der Waals surface area contributed by atoms with Gasteiger partial charge in [0.1, 0.15) is 6.33 Å². The number of aliphatic carboxylic acids is 1. The van der Waals surface area contributed by atoms with Crippen LogP contribution in [0.1, 0.15) is 39.3 Å². The second-order valence-corrected chi connectivity index (χ2v) is 5.83. The summed E-state index contributed by atoms with van der Waals surface area (Å²) < 4.78 is 13.8. The third-order valence-electron chi connectivity index (χ3n) is 2.58. The number of carboxylic acids is 1. The van der Waals surface area contributed by atoms with Crippen LogP contribution >= 0.6 is 0 Å². The van der Waals surface area contributed by atoms with E-state index in [1.165, 1.54) is 13.3 Å². The Hall–Kier alpha value is -1.72. The smallest absolute Gasteiger partial charge is 0.305 e. The lowest BCUT2D eigenvalue weighted by atomic mass is 9.87. The molecule has 0 bridgehead atoms. The molecule has 0 aliphatic carbocycles. The fourth-order valence-electron chi connectivity index (χ4n) is 1.88.